The number of fused-ring (bicyclic) bond motifs is 1. The van der Waals surface area contributed by atoms with Crippen molar-refractivity contribution in [3.8, 4) is 10.4 Å². The molecule has 0 saturated carbocycles. The van der Waals surface area contributed by atoms with Gasteiger partial charge >= 0.3 is 0 Å². The van der Waals surface area contributed by atoms with Crippen molar-refractivity contribution in [2.24, 2.45) is 0 Å². The lowest BCUT2D eigenvalue weighted by Gasteiger charge is -2.16. The smallest absolute Gasteiger partial charge is 0.271 e. The van der Waals surface area contributed by atoms with Crippen molar-refractivity contribution >= 4 is 43.2 Å². The van der Waals surface area contributed by atoms with Crippen molar-refractivity contribution in [2.75, 3.05) is 18.4 Å². The molecule has 1 N–H and O–H groups in total. The van der Waals surface area contributed by atoms with Gasteiger partial charge in [-0.3, -0.25) is 14.2 Å². The van der Waals surface area contributed by atoms with E-state index < -0.39 is 15.9 Å². The van der Waals surface area contributed by atoms with E-state index in [1.807, 2.05) is 36.4 Å². The Kier molecular flexibility index (Phi) is 6.03. The Bertz CT molecular complexity index is 1520. The van der Waals surface area contributed by atoms with Crippen LogP contribution >= 0.6 is 11.3 Å². The van der Waals surface area contributed by atoms with Crippen LogP contribution in [0.1, 0.15) is 12.8 Å². The van der Waals surface area contributed by atoms with Gasteiger partial charge in [0.05, 0.1) is 16.7 Å². The van der Waals surface area contributed by atoms with E-state index in [1.54, 1.807) is 12.1 Å². The van der Waals surface area contributed by atoms with Gasteiger partial charge in [0.1, 0.15) is 11.2 Å². The average Bonchev–Trinajstić information content (AvgIpc) is 3.53. The van der Waals surface area contributed by atoms with E-state index in [-0.39, 0.29) is 17.0 Å². The van der Waals surface area contributed by atoms with Gasteiger partial charge in [-0.05, 0) is 42.7 Å². The van der Waals surface area contributed by atoms with Gasteiger partial charge < -0.3 is 5.32 Å². The van der Waals surface area contributed by atoms with Gasteiger partial charge in [0.2, 0.25) is 15.9 Å². The van der Waals surface area contributed by atoms with E-state index in [2.05, 4.69) is 10.3 Å². The topological polar surface area (TPSA) is 101 Å². The summed E-state index contributed by atoms with van der Waals surface area (Å²) >= 11 is 1.34. The van der Waals surface area contributed by atoms with E-state index in [1.165, 1.54) is 38.7 Å². The molecular weight excluding hydrogens is 472 g/mol. The normalized spacial score (nSPS) is 14.5. The number of benzene rings is 2. The summed E-state index contributed by atoms with van der Waals surface area (Å²) in [6.07, 6.45) is 3.06. The molecule has 10 heteroatoms. The van der Waals surface area contributed by atoms with Crippen LogP contribution in [-0.2, 0) is 21.4 Å². The molecule has 4 aromatic rings. The molecule has 1 amide bonds. The molecule has 3 heterocycles. The molecular formula is C24H22N4O4S2. The highest BCUT2D eigenvalue weighted by atomic mass is 32.2. The molecule has 0 bridgehead atoms. The van der Waals surface area contributed by atoms with Gasteiger partial charge in [-0.1, -0.05) is 36.4 Å². The number of carbonyl (C=O) groups is 1. The predicted molar refractivity (Wildman–Crippen MR) is 132 cm³/mol. The van der Waals surface area contributed by atoms with Gasteiger partial charge in [0, 0.05) is 23.7 Å². The third-order valence-electron chi connectivity index (χ3n) is 5.70. The summed E-state index contributed by atoms with van der Waals surface area (Å²) in [7, 11) is -3.59. The van der Waals surface area contributed by atoms with Crippen molar-refractivity contribution < 1.29 is 13.2 Å². The number of hydrogen-bond donors (Lipinski definition) is 1. The Morgan fingerprint density at radius 1 is 1.03 bits per heavy atom. The maximum absolute atomic E-state index is 13.0. The Labute approximate surface area is 200 Å². The van der Waals surface area contributed by atoms with Gasteiger partial charge in [-0.15, -0.1) is 11.3 Å². The number of amides is 1. The number of rotatable bonds is 6. The minimum atomic E-state index is -3.59. The van der Waals surface area contributed by atoms with Gasteiger partial charge in [-0.25, -0.2) is 13.4 Å². The summed E-state index contributed by atoms with van der Waals surface area (Å²) < 4.78 is 28.8. The lowest BCUT2D eigenvalue weighted by atomic mass is 10.2. The molecule has 8 nitrogen and oxygen atoms in total. The van der Waals surface area contributed by atoms with Crippen molar-refractivity contribution in [3.63, 3.8) is 0 Å². The summed E-state index contributed by atoms with van der Waals surface area (Å²) in [5.41, 5.74) is 1.65. The van der Waals surface area contributed by atoms with Crippen LogP contribution in [0.15, 0.2) is 76.7 Å². The third-order valence-corrected chi connectivity index (χ3v) is 8.75. The van der Waals surface area contributed by atoms with E-state index >= 15 is 0 Å². The Morgan fingerprint density at radius 3 is 2.56 bits per heavy atom. The summed E-state index contributed by atoms with van der Waals surface area (Å²) in [4.78, 5) is 31.0. The second-order valence-electron chi connectivity index (χ2n) is 8.06. The van der Waals surface area contributed by atoms with Crippen LogP contribution in [0.2, 0.25) is 0 Å². The maximum atomic E-state index is 13.0. The van der Waals surface area contributed by atoms with Crippen LogP contribution in [0.3, 0.4) is 0 Å². The highest BCUT2D eigenvalue weighted by Gasteiger charge is 2.27. The summed E-state index contributed by atoms with van der Waals surface area (Å²) in [5.74, 6) is -0.446. The number of hydrogen-bond acceptors (Lipinski definition) is 6. The largest absolute Gasteiger partial charge is 0.324 e. The van der Waals surface area contributed by atoms with Crippen LogP contribution in [0.25, 0.3) is 20.7 Å². The van der Waals surface area contributed by atoms with Gasteiger partial charge in [0.25, 0.3) is 5.56 Å². The molecule has 2 aromatic heterocycles. The maximum Gasteiger partial charge on any atom is 0.271 e. The van der Waals surface area contributed by atoms with Crippen LogP contribution in [0.5, 0.6) is 0 Å². The van der Waals surface area contributed by atoms with Crippen molar-refractivity contribution in [3.05, 3.63) is 77.3 Å². The fraction of sp³-hybridized carbons (Fsp3) is 0.208. The first-order valence-corrected chi connectivity index (χ1v) is 13.1. The number of nitrogens with zero attached hydrogens (tertiary/aromatic N) is 3. The molecule has 0 spiro atoms. The molecule has 1 saturated heterocycles. The molecule has 174 valence electrons. The zero-order valence-electron chi connectivity index (χ0n) is 18.2. The monoisotopic (exact) mass is 494 g/mol. The number of carbonyl (C=O) groups excluding carboxylic acids is 1. The van der Waals surface area contributed by atoms with Crippen LogP contribution in [0, 0.1) is 0 Å². The molecule has 0 radical (unpaired) electrons. The van der Waals surface area contributed by atoms with Crippen molar-refractivity contribution in [1.82, 2.24) is 13.9 Å². The zero-order valence-corrected chi connectivity index (χ0v) is 19.8. The highest BCUT2D eigenvalue weighted by Crippen LogP contribution is 2.30. The minimum absolute atomic E-state index is 0.138. The predicted octanol–water partition coefficient (Wildman–Crippen LogP) is 3.55. The zero-order chi connectivity index (χ0) is 23.7. The molecule has 0 atom stereocenters. The summed E-state index contributed by atoms with van der Waals surface area (Å²) in [5, 5.41) is 2.69. The number of nitrogens with one attached hydrogen (secondary N) is 1. The number of thiophene rings is 1. The summed E-state index contributed by atoms with van der Waals surface area (Å²) in [6, 6.07) is 17.8. The summed E-state index contributed by atoms with van der Waals surface area (Å²) in [6.45, 7) is 0.779. The molecule has 2 aromatic carbocycles. The number of anilines is 1. The Morgan fingerprint density at radius 2 is 1.79 bits per heavy atom. The first kappa shape index (κ1) is 22.5. The van der Waals surface area contributed by atoms with E-state index in [9.17, 15) is 18.0 Å². The molecule has 34 heavy (non-hydrogen) atoms. The molecule has 1 aliphatic heterocycles. The third kappa shape index (κ3) is 4.39. The fourth-order valence-electron chi connectivity index (χ4n) is 3.97. The first-order valence-electron chi connectivity index (χ1n) is 10.9. The number of sulfonamides is 1. The minimum Gasteiger partial charge on any atom is -0.324 e. The van der Waals surface area contributed by atoms with E-state index in [4.69, 9.17) is 0 Å². The Hall–Kier alpha value is -3.34. The molecule has 5 rings (SSSR count). The fourth-order valence-corrected chi connectivity index (χ4v) is 6.60. The lowest BCUT2D eigenvalue weighted by molar-refractivity contribution is -0.116. The molecule has 0 unspecified atom stereocenters. The van der Waals surface area contributed by atoms with Gasteiger partial charge in [-0.2, -0.15) is 4.31 Å². The first-order chi connectivity index (χ1) is 16.4. The van der Waals surface area contributed by atoms with Crippen molar-refractivity contribution in [1.29, 1.82) is 0 Å². The quantitative estimate of drug-likeness (QED) is 0.442. The highest BCUT2D eigenvalue weighted by molar-refractivity contribution is 7.89. The Balaban J connectivity index is 1.34. The van der Waals surface area contributed by atoms with E-state index in [0.29, 0.717) is 29.0 Å². The number of aromatic nitrogens is 2. The van der Waals surface area contributed by atoms with Crippen LogP contribution in [0.4, 0.5) is 5.69 Å². The van der Waals surface area contributed by atoms with Crippen molar-refractivity contribution in [2.45, 2.75) is 24.3 Å². The van der Waals surface area contributed by atoms with Crippen LogP contribution < -0.4 is 10.9 Å². The standard InChI is InChI=1S/C24H22N4O4S2/c29-22(26-18-9-6-10-19(13-18)34(31,32)28-11-4-5-12-28)15-27-16-25-20-14-21(33-23(20)24(27)30)17-7-2-1-3-8-17/h1-3,6-10,13-14,16H,4-5,11-12,15H2,(H,26,29). The SMILES string of the molecule is O=C(Cn1cnc2cc(-c3ccccc3)sc2c1=O)Nc1cccc(S(=O)(=O)N2CCCC2)c1. The lowest BCUT2D eigenvalue weighted by Crippen LogP contribution is -2.28. The molecule has 0 aliphatic carbocycles. The molecule has 1 aliphatic rings. The second-order valence-corrected chi connectivity index (χ2v) is 11.0. The average molecular weight is 495 g/mol. The molecule has 1 fully saturated rings. The van der Waals surface area contributed by atoms with Crippen LogP contribution in [-0.4, -0.2) is 41.3 Å². The van der Waals surface area contributed by atoms with Gasteiger partial charge in [0.15, 0.2) is 0 Å². The second kappa shape index (κ2) is 9.13. The van der Waals surface area contributed by atoms with E-state index in [0.717, 1.165) is 23.3 Å².